The zero-order valence-electron chi connectivity index (χ0n) is 13.3. The Labute approximate surface area is 155 Å². The lowest BCUT2D eigenvalue weighted by Crippen LogP contribution is -2.18. The summed E-state index contributed by atoms with van der Waals surface area (Å²) < 4.78 is 5.21. The van der Waals surface area contributed by atoms with Gasteiger partial charge in [0.25, 0.3) is 5.91 Å². The third-order valence-electron chi connectivity index (χ3n) is 3.62. The number of carbonyl (C=O) groups is 1. The van der Waals surface area contributed by atoms with Gasteiger partial charge in [0.15, 0.2) is 0 Å². The van der Waals surface area contributed by atoms with Gasteiger partial charge >= 0.3 is 0 Å². The number of fused-ring (bicyclic) bond motifs is 1. The van der Waals surface area contributed by atoms with E-state index in [1.165, 1.54) is 6.07 Å². The Balaban J connectivity index is 1.74. The van der Waals surface area contributed by atoms with Crippen LogP contribution in [0.2, 0.25) is 10.0 Å². The second-order valence-corrected chi connectivity index (χ2v) is 6.14. The quantitative estimate of drug-likeness (QED) is 0.521. The van der Waals surface area contributed by atoms with E-state index in [0.717, 1.165) is 22.1 Å². The van der Waals surface area contributed by atoms with E-state index in [1.807, 2.05) is 36.4 Å². The molecule has 6 heteroatoms. The second kappa shape index (κ2) is 7.55. The fourth-order valence-corrected chi connectivity index (χ4v) is 2.72. The fourth-order valence-electron chi connectivity index (χ4n) is 2.35. The summed E-state index contributed by atoms with van der Waals surface area (Å²) in [4.78, 5) is 12.1. The Morgan fingerprint density at radius 3 is 2.60 bits per heavy atom. The maximum absolute atomic E-state index is 12.1. The minimum atomic E-state index is -0.422. The SMILES string of the molecule is COc1ccc2cc(/C=N\NC(=O)c3cc(Cl)ccc3Cl)ccc2c1. The molecule has 0 saturated heterocycles. The van der Waals surface area contributed by atoms with Crippen molar-refractivity contribution in [2.75, 3.05) is 7.11 Å². The van der Waals surface area contributed by atoms with Crippen LogP contribution in [0, 0.1) is 0 Å². The van der Waals surface area contributed by atoms with Crippen molar-refractivity contribution in [1.82, 2.24) is 5.43 Å². The first kappa shape index (κ1) is 17.3. The van der Waals surface area contributed by atoms with Gasteiger partial charge in [-0.3, -0.25) is 4.79 Å². The van der Waals surface area contributed by atoms with E-state index in [0.29, 0.717) is 10.0 Å². The van der Waals surface area contributed by atoms with Crippen LogP contribution >= 0.6 is 23.2 Å². The predicted octanol–water partition coefficient (Wildman–Crippen LogP) is 4.92. The molecule has 25 heavy (non-hydrogen) atoms. The van der Waals surface area contributed by atoms with Crippen LogP contribution in [-0.4, -0.2) is 19.2 Å². The number of nitrogens with one attached hydrogen (secondary N) is 1. The Kier molecular flexibility index (Phi) is 5.22. The molecule has 4 nitrogen and oxygen atoms in total. The molecule has 0 bridgehead atoms. The predicted molar refractivity (Wildman–Crippen MR) is 102 cm³/mol. The standard InChI is InChI=1S/C19H14Cl2N2O2/c1-25-16-6-4-13-8-12(2-3-14(13)9-16)11-22-23-19(24)17-10-15(20)5-7-18(17)21/h2-11H,1H3,(H,23,24)/b22-11-. The third-order valence-corrected chi connectivity index (χ3v) is 4.19. The molecule has 1 N–H and O–H groups in total. The Bertz CT molecular complexity index is 971. The van der Waals surface area contributed by atoms with E-state index in [1.54, 1.807) is 25.5 Å². The molecule has 0 saturated carbocycles. The number of amides is 1. The monoisotopic (exact) mass is 372 g/mol. The highest BCUT2D eigenvalue weighted by Gasteiger charge is 2.09. The number of ether oxygens (including phenoxy) is 1. The lowest BCUT2D eigenvalue weighted by atomic mass is 10.1. The molecular weight excluding hydrogens is 359 g/mol. The van der Waals surface area contributed by atoms with Crippen molar-refractivity contribution < 1.29 is 9.53 Å². The van der Waals surface area contributed by atoms with Crippen molar-refractivity contribution in [3.63, 3.8) is 0 Å². The summed E-state index contributed by atoms with van der Waals surface area (Å²) in [6.45, 7) is 0. The molecule has 0 aliphatic carbocycles. The summed E-state index contributed by atoms with van der Waals surface area (Å²) in [5.41, 5.74) is 3.58. The van der Waals surface area contributed by atoms with Gasteiger partial charge in [-0.05, 0) is 52.7 Å². The summed E-state index contributed by atoms with van der Waals surface area (Å²) in [6.07, 6.45) is 1.57. The number of carbonyl (C=O) groups excluding carboxylic acids is 1. The molecule has 0 aliphatic heterocycles. The van der Waals surface area contributed by atoms with Crippen LogP contribution in [0.25, 0.3) is 10.8 Å². The molecule has 3 rings (SSSR count). The number of hydrogen-bond donors (Lipinski definition) is 1. The normalized spacial score (nSPS) is 11.0. The molecule has 1 amide bonds. The zero-order chi connectivity index (χ0) is 17.8. The maximum atomic E-state index is 12.1. The van der Waals surface area contributed by atoms with Crippen LogP contribution < -0.4 is 10.2 Å². The minimum Gasteiger partial charge on any atom is -0.497 e. The van der Waals surface area contributed by atoms with Gasteiger partial charge in [0, 0.05) is 5.02 Å². The molecule has 0 atom stereocenters. The highest BCUT2D eigenvalue weighted by atomic mass is 35.5. The summed E-state index contributed by atoms with van der Waals surface area (Å²) >= 11 is 11.9. The molecule has 0 spiro atoms. The Morgan fingerprint density at radius 1 is 1.04 bits per heavy atom. The minimum absolute atomic E-state index is 0.275. The van der Waals surface area contributed by atoms with Gasteiger partial charge in [0.05, 0.1) is 23.9 Å². The molecular formula is C19H14Cl2N2O2. The first-order valence-corrected chi connectivity index (χ1v) is 8.18. The van der Waals surface area contributed by atoms with Gasteiger partial charge in [-0.1, -0.05) is 41.4 Å². The van der Waals surface area contributed by atoms with Crippen LogP contribution in [-0.2, 0) is 0 Å². The topological polar surface area (TPSA) is 50.7 Å². The lowest BCUT2D eigenvalue weighted by Gasteiger charge is -2.04. The smallest absolute Gasteiger partial charge is 0.272 e. The summed E-state index contributed by atoms with van der Waals surface area (Å²) in [5, 5.41) is 6.84. The van der Waals surface area contributed by atoms with Crippen LogP contribution in [0.15, 0.2) is 59.7 Å². The van der Waals surface area contributed by atoms with Crippen molar-refractivity contribution in [2.45, 2.75) is 0 Å². The molecule has 3 aromatic rings. The van der Waals surface area contributed by atoms with Crippen LogP contribution in [0.5, 0.6) is 5.75 Å². The molecule has 126 valence electrons. The average Bonchev–Trinajstić information content (AvgIpc) is 2.63. The van der Waals surface area contributed by atoms with Gasteiger partial charge in [0.2, 0.25) is 0 Å². The van der Waals surface area contributed by atoms with Crippen LogP contribution in [0.4, 0.5) is 0 Å². The zero-order valence-corrected chi connectivity index (χ0v) is 14.8. The molecule has 0 unspecified atom stereocenters. The van der Waals surface area contributed by atoms with Gasteiger partial charge in [-0.25, -0.2) is 5.43 Å². The summed E-state index contributed by atoms with van der Waals surface area (Å²) in [6, 6.07) is 16.4. The Morgan fingerprint density at radius 2 is 1.80 bits per heavy atom. The van der Waals surface area contributed by atoms with Crippen LogP contribution in [0.3, 0.4) is 0 Å². The highest BCUT2D eigenvalue weighted by molar-refractivity contribution is 6.35. The third kappa shape index (κ3) is 4.10. The largest absolute Gasteiger partial charge is 0.497 e. The number of halogens is 2. The first-order chi connectivity index (χ1) is 12.1. The van der Waals surface area contributed by atoms with E-state index in [4.69, 9.17) is 27.9 Å². The molecule has 0 aromatic heterocycles. The van der Waals surface area contributed by atoms with E-state index >= 15 is 0 Å². The van der Waals surface area contributed by atoms with E-state index in [2.05, 4.69) is 10.5 Å². The maximum Gasteiger partial charge on any atom is 0.272 e. The van der Waals surface area contributed by atoms with Crippen molar-refractivity contribution >= 4 is 46.1 Å². The fraction of sp³-hybridized carbons (Fsp3) is 0.0526. The van der Waals surface area contributed by atoms with Gasteiger partial charge < -0.3 is 4.74 Å². The first-order valence-electron chi connectivity index (χ1n) is 7.43. The van der Waals surface area contributed by atoms with Crippen molar-refractivity contribution in [1.29, 1.82) is 0 Å². The molecule has 0 heterocycles. The van der Waals surface area contributed by atoms with Gasteiger partial charge in [0.1, 0.15) is 5.75 Å². The van der Waals surface area contributed by atoms with Crippen molar-refractivity contribution in [2.24, 2.45) is 5.10 Å². The number of hydrazone groups is 1. The number of nitrogens with zero attached hydrogens (tertiary/aromatic N) is 1. The van der Waals surface area contributed by atoms with Crippen LogP contribution in [0.1, 0.15) is 15.9 Å². The number of rotatable bonds is 4. The molecule has 0 radical (unpaired) electrons. The van der Waals surface area contributed by atoms with E-state index < -0.39 is 5.91 Å². The average molecular weight is 373 g/mol. The van der Waals surface area contributed by atoms with Gasteiger partial charge in [-0.2, -0.15) is 5.10 Å². The van der Waals surface area contributed by atoms with E-state index in [9.17, 15) is 4.79 Å². The number of methoxy groups -OCH3 is 1. The molecule has 0 fully saturated rings. The molecule has 3 aromatic carbocycles. The van der Waals surface area contributed by atoms with Gasteiger partial charge in [-0.15, -0.1) is 0 Å². The lowest BCUT2D eigenvalue weighted by molar-refractivity contribution is 0.0955. The number of hydrogen-bond acceptors (Lipinski definition) is 3. The summed E-state index contributed by atoms with van der Waals surface area (Å²) in [7, 11) is 1.64. The van der Waals surface area contributed by atoms with Crippen molar-refractivity contribution in [3.8, 4) is 5.75 Å². The number of benzene rings is 3. The van der Waals surface area contributed by atoms with E-state index in [-0.39, 0.29) is 5.56 Å². The summed E-state index contributed by atoms with van der Waals surface area (Å²) in [5.74, 6) is 0.383. The second-order valence-electron chi connectivity index (χ2n) is 5.30. The van der Waals surface area contributed by atoms with Crippen molar-refractivity contribution in [3.05, 3.63) is 75.8 Å². The highest BCUT2D eigenvalue weighted by Crippen LogP contribution is 2.22. The molecule has 0 aliphatic rings. The Hall–Kier alpha value is -2.56.